The number of carbonyl (C=O) groups excluding carboxylic acids is 1. The average molecular weight is 333 g/mol. The molecule has 24 heavy (non-hydrogen) atoms. The summed E-state index contributed by atoms with van der Waals surface area (Å²) in [6.45, 7) is 7.24. The van der Waals surface area contributed by atoms with E-state index in [-0.39, 0.29) is 18.1 Å². The topological polar surface area (TPSA) is 74.5 Å². The van der Waals surface area contributed by atoms with Crippen molar-refractivity contribution < 1.29 is 9.90 Å². The molecule has 1 aromatic heterocycles. The zero-order valence-electron chi connectivity index (χ0n) is 14.6. The van der Waals surface area contributed by atoms with Crippen LogP contribution in [0.2, 0.25) is 0 Å². The smallest absolute Gasteiger partial charge is 0.225 e. The van der Waals surface area contributed by atoms with Crippen LogP contribution in [-0.2, 0) is 17.8 Å². The van der Waals surface area contributed by atoms with Crippen LogP contribution in [0.5, 0.6) is 0 Å². The molecular formula is C17H27N5O2. The summed E-state index contributed by atoms with van der Waals surface area (Å²) in [6.07, 6.45) is 3.28. The van der Waals surface area contributed by atoms with Gasteiger partial charge in [-0.3, -0.25) is 9.69 Å². The van der Waals surface area contributed by atoms with Gasteiger partial charge in [-0.2, -0.15) is 0 Å². The molecule has 3 aliphatic rings. The van der Waals surface area contributed by atoms with Gasteiger partial charge < -0.3 is 14.6 Å². The van der Waals surface area contributed by atoms with Crippen molar-refractivity contribution in [1.29, 1.82) is 0 Å². The molecule has 3 heterocycles. The van der Waals surface area contributed by atoms with Gasteiger partial charge in [0.15, 0.2) is 5.82 Å². The fourth-order valence-electron chi connectivity index (χ4n) is 4.06. The number of likely N-dealkylation sites (tertiary alicyclic amines) is 1. The third kappa shape index (κ3) is 2.84. The van der Waals surface area contributed by atoms with Crippen molar-refractivity contribution in [2.24, 2.45) is 5.92 Å². The van der Waals surface area contributed by atoms with Gasteiger partial charge in [0, 0.05) is 44.6 Å². The number of fused-ring (bicyclic) bond motifs is 1. The lowest BCUT2D eigenvalue weighted by Gasteiger charge is -2.27. The molecule has 0 radical (unpaired) electrons. The van der Waals surface area contributed by atoms with Crippen molar-refractivity contribution in [2.45, 2.75) is 64.3 Å². The van der Waals surface area contributed by atoms with E-state index in [0.29, 0.717) is 24.9 Å². The summed E-state index contributed by atoms with van der Waals surface area (Å²) < 4.78 is 2.19. The number of carbonyl (C=O) groups is 1. The SMILES string of the molecule is CC(C)N1C[C@H](O)C[C@H]1c1nnc2n1CCN(C(=O)C1CC1)CC2. The molecule has 2 atom stereocenters. The van der Waals surface area contributed by atoms with E-state index in [1.807, 2.05) is 4.90 Å². The predicted molar refractivity (Wildman–Crippen MR) is 88.2 cm³/mol. The molecule has 132 valence electrons. The Labute approximate surface area is 142 Å². The lowest BCUT2D eigenvalue weighted by Crippen LogP contribution is -2.35. The summed E-state index contributed by atoms with van der Waals surface area (Å²) in [5, 5.41) is 19.0. The Bertz CT molecular complexity index is 624. The number of β-amino-alcohol motifs (C(OH)–C–C–N with tert-alkyl or cyclic N) is 1. The van der Waals surface area contributed by atoms with Gasteiger partial charge >= 0.3 is 0 Å². The van der Waals surface area contributed by atoms with E-state index >= 15 is 0 Å². The molecule has 0 unspecified atom stereocenters. The Kier molecular flexibility index (Phi) is 4.08. The van der Waals surface area contributed by atoms with Crippen molar-refractivity contribution in [1.82, 2.24) is 24.6 Å². The highest BCUT2D eigenvalue weighted by molar-refractivity contribution is 5.81. The fraction of sp³-hybridized carbons (Fsp3) is 0.824. The first-order valence-electron chi connectivity index (χ1n) is 9.19. The normalized spacial score (nSPS) is 28.2. The van der Waals surface area contributed by atoms with Gasteiger partial charge in [0.25, 0.3) is 0 Å². The largest absolute Gasteiger partial charge is 0.392 e. The fourth-order valence-corrected chi connectivity index (χ4v) is 4.06. The van der Waals surface area contributed by atoms with Gasteiger partial charge in [-0.1, -0.05) is 0 Å². The minimum Gasteiger partial charge on any atom is -0.392 e. The summed E-state index contributed by atoms with van der Waals surface area (Å²) in [5.41, 5.74) is 0. The Morgan fingerprint density at radius 3 is 2.71 bits per heavy atom. The highest BCUT2D eigenvalue weighted by Gasteiger charge is 2.38. The van der Waals surface area contributed by atoms with Crippen LogP contribution in [-0.4, -0.2) is 67.4 Å². The molecule has 2 aliphatic heterocycles. The molecule has 0 bridgehead atoms. The number of aromatic nitrogens is 3. The zero-order valence-corrected chi connectivity index (χ0v) is 14.6. The predicted octanol–water partition coefficient (Wildman–Crippen LogP) is 0.589. The summed E-state index contributed by atoms with van der Waals surface area (Å²) in [5.74, 6) is 2.52. The van der Waals surface area contributed by atoms with E-state index < -0.39 is 0 Å². The summed E-state index contributed by atoms with van der Waals surface area (Å²) in [6, 6.07) is 0.478. The van der Waals surface area contributed by atoms with Gasteiger partial charge in [-0.15, -0.1) is 10.2 Å². The summed E-state index contributed by atoms with van der Waals surface area (Å²) >= 11 is 0. The molecule has 0 aromatic carbocycles. The standard InChI is InChI=1S/C17H27N5O2/c1-11(2)22-10-13(23)9-14(22)16-19-18-15-5-6-20(7-8-21(15)16)17(24)12-3-4-12/h11-14,23H,3-10H2,1-2H3/t13-,14+/m1/s1. The molecule has 7 heteroatoms. The lowest BCUT2D eigenvalue weighted by atomic mass is 10.1. The quantitative estimate of drug-likeness (QED) is 0.876. The van der Waals surface area contributed by atoms with Crippen LogP contribution in [0.4, 0.5) is 0 Å². The number of hydrogen-bond acceptors (Lipinski definition) is 5. The number of rotatable bonds is 3. The van der Waals surface area contributed by atoms with Gasteiger partial charge in [0.05, 0.1) is 12.1 Å². The molecule has 4 rings (SSSR count). The van der Waals surface area contributed by atoms with Gasteiger partial charge in [-0.05, 0) is 33.1 Å². The summed E-state index contributed by atoms with van der Waals surface area (Å²) in [4.78, 5) is 16.7. The van der Waals surface area contributed by atoms with Gasteiger partial charge in [-0.25, -0.2) is 0 Å². The molecule has 1 N–H and O–H groups in total. The second-order valence-corrected chi connectivity index (χ2v) is 7.67. The molecule has 1 aromatic rings. The van der Waals surface area contributed by atoms with Crippen molar-refractivity contribution in [3.05, 3.63) is 11.6 Å². The Hall–Kier alpha value is -1.47. The third-order valence-electron chi connectivity index (χ3n) is 5.57. The van der Waals surface area contributed by atoms with Crippen molar-refractivity contribution in [3.8, 4) is 0 Å². The maximum atomic E-state index is 12.4. The summed E-state index contributed by atoms with van der Waals surface area (Å²) in [7, 11) is 0. The van der Waals surface area contributed by atoms with Crippen LogP contribution in [0.1, 0.15) is 50.8 Å². The Balaban J connectivity index is 1.54. The number of aliphatic hydroxyl groups excluding tert-OH is 1. The first-order valence-corrected chi connectivity index (χ1v) is 9.19. The number of hydrogen-bond donors (Lipinski definition) is 1. The van der Waals surface area contributed by atoms with E-state index in [4.69, 9.17) is 0 Å². The highest BCUT2D eigenvalue weighted by atomic mass is 16.3. The number of amides is 1. The van der Waals surface area contributed by atoms with Gasteiger partial charge in [0.2, 0.25) is 5.91 Å². The maximum Gasteiger partial charge on any atom is 0.225 e. The molecule has 0 spiro atoms. The Morgan fingerprint density at radius 1 is 1.21 bits per heavy atom. The van der Waals surface area contributed by atoms with Crippen molar-refractivity contribution >= 4 is 5.91 Å². The molecular weight excluding hydrogens is 306 g/mol. The molecule has 1 saturated heterocycles. The minimum atomic E-state index is -0.302. The highest BCUT2D eigenvalue weighted by Crippen LogP contribution is 2.34. The average Bonchev–Trinajstić information content (AvgIpc) is 3.26. The monoisotopic (exact) mass is 333 g/mol. The van der Waals surface area contributed by atoms with Crippen LogP contribution in [0.15, 0.2) is 0 Å². The maximum absolute atomic E-state index is 12.4. The van der Waals surface area contributed by atoms with Crippen molar-refractivity contribution in [3.63, 3.8) is 0 Å². The van der Waals surface area contributed by atoms with Crippen LogP contribution >= 0.6 is 0 Å². The van der Waals surface area contributed by atoms with Crippen molar-refractivity contribution in [2.75, 3.05) is 19.6 Å². The zero-order chi connectivity index (χ0) is 16.8. The molecule has 2 fully saturated rings. The Morgan fingerprint density at radius 2 is 2.00 bits per heavy atom. The van der Waals surface area contributed by atoms with E-state index in [1.165, 1.54) is 0 Å². The molecule has 7 nitrogen and oxygen atoms in total. The van der Waals surface area contributed by atoms with Gasteiger partial charge in [0.1, 0.15) is 5.82 Å². The third-order valence-corrected chi connectivity index (χ3v) is 5.57. The van der Waals surface area contributed by atoms with E-state index in [2.05, 4.69) is 33.5 Å². The second-order valence-electron chi connectivity index (χ2n) is 7.67. The second kappa shape index (κ2) is 6.11. The van der Waals surface area contributed by atoms with E-state index in [0.717, 1.165) is 50.5 Å². The van der Waals surface area contributed by atoms with Crippen LogP contribution in [0, 0.1) is 5.92 Å². The van der Waals surface area contributed by atoms with Crippen LogP contribution in [0.25, 0.3) is 0 Å². The lowest BCUT2D eigenvalue weighted by molar-refractivity contribution is -0.132. The first kappa shape index (κ1) is 16.0. The van der Waals surface area contributed by atoms with Crippen LogP contribution in [0.3, 0.4) is 0 Å². The van der Waals surface area contributed by atoms with Crippen LogP contribution < -0.4 is 0 Å². The number of aliphatic hydroxyl groups is 1. The molecule has 1 amide bonds. The molecule has 1 aliphatic carbocycles. The van der Waals surface area contributed by atoms with E-state index in [9.17, 15) is 9.90 Å². The minimum absolute atomic E-state index is 0.118. The first-order chi connectivity index (χ1) is 11.5. The van der Waals surface area contributed by atoms with E-state index in [1.54, 1.807) is 0 Å². The molecule has 1 saturated carbocycles. The number of nitrogens with zero attached hydrogens (tertiary/aromatic N) is 5.